The van der Waals surface area contributed by atoms with Crippen molar-refractivity contribution in [2.75, 3.05) is 6.61 Å². The molecule has 0 bridgehead atoms. The van der Waals surface area contributed by atoms with Crippen LogP contribution >= 0.6 is 0 Å². The Kier molecular flexibility index (Phi) is 4.88. The highest BCUT2D eigenvalue weighted by Crippen LogP contribution is 2.37. The molecule has 1 saturated heterocycles. The fourth-order valence-corrected chi connectivity index (χ4v) is 1.91. The summed E-state index contributed by atoms with van der Waals surface area (Å²) in [5.41, 5.74) is 2.78. The van der Waals surface area contributed by atoms with Gasteiger partial charge in [0, 0.05) is 12.5 Å². The van der Waals surface area contributed by atoms with E-state index in [2.05, 4.69) is 6.58 Å². The zero-order valence-electron chi connectivity index (χ0n) is 11.6. The van der Waals surface area contributed by atoms with E-state index in [4.69, 9.17) is 20.3 Å². The van der Waals surface area contributed by atoms with Crippen molar-refractivity contribution in [3.8, 4) is 0 Å². The largest absolute Gasteiger partial charge is 0.431 e. The van der Waals surface area contributed by atoms with Gasteiger partial charge in [-0.1, -0.05) is 6.58 Å². The molecule has 0 aliphatic carbocycles. The van der Waals surface area contributed by atoms with Crippen LogP contribution < -0.4 is 5.73 Å². The average molecular weight is 305 g/mol. The molecule has 5 atom stereocenters. The van der Waals surface area contributed by atoms with E-state index >= 15 is 0 Å². The van der Waals surface area contributed by atoms with Crippen LogP contribution in [0.3, 0.4) is 0 Å². The van der Waals surface area contributed by atoms with E-state index in [1.165, 1.54) is 6.92 Å². The number of ether oxygens (including phenoxy) is 2. The van der Waals surface area contributed by atoms with Gasteiger partial charge in [0.05, 0.1) is 6.61 Å². The molecule has 1 unspecified atom stereocenters. The molecule has 1 aliphatic rings. The number of hydrogen-bond donors (Lipinski definition) is 5. The van der Waals surface area contributed by atoms with Gasteiger partial charge in [-0.05, 0) is 6.92 Å². The molecular formula is C12H19NO8. The first-order valence-corrected chi connectivity index (χ1v) is 6.07. The molecule has 9 heteroatoms. The van der Waals surface area contributed by atoms with Gasteiger partial charge in [0.25, 0.3) is 11.5 Å². The lowest BCUT2D eigenvalue weighted by Crippen LogP contribution is -2.80. The number of aliphatic hydroxyl groups is 4. The number of Topliss-reactive ketones (excluding diaryl/α,β-unsaturated/α-hetero) is 1. The molecule has 0 aromatic rings. The molecule has 1 aliphatic heterocycles. The monoisotopic (exact) mass is 305 g/mol. The summed E-state index contributed by atoms with van der Waals surface area (Å²) >= 11 is 0. The maximum Gasteiger partial charge on any atom is 0.335 e. The maximum atomic E-state index is 11.7. The van der Waals surface area contributed by atoms with E-state index < -0.39 is 48.2 Å². The second-order valence-corrected chi connectivity index (χ2v) is 4.94. The summed E-state index contributed by atoms with van der Waals surface area (Å²) in [6.07, 6.45) is -5.37. The van der Waals surface area contributed by atoms with Crippen LogP contribution in [0.15, 0.2) is 12.2 Å². The first kappa shape index (κ1) is 17.7. The fourth-order valence-electron chi connectivity index (χ4n) is 1.91. The molecule has 120 valence electrons. The minimum Gasteiger partial charge on any atom is -0.431 e. The Hall–Kier alpha value is -1.36. The molecule has 6 N–H and O–H groups in total. The topological polar surface area (TPSA) is 160 Å². The molecular weight excluding hydrogens is 286 g/mol. The van der Waals surface area contributed by atoms with Crippen LogP contribution in [-0.4, -0.2) is 68.6 Å². The Morgan fingerprint density at radius 3 is 2.29 bits per heavy atom. The van der Waals surface area contributed by atoms with Crippen LogP contribution in [0.25, 0.3) is 0 Å². The number of aliphatic hydroxyl groups excluding tert-OH is 3. The van der Waals surface area contributed by atoms with Crippen molar-refractivity contribution in [1.82, 2.24) is 0 Å². The van der Waals surface area contributed by atoms with Gasteiger partial charge in [-0.3, -0.25) is 10.5 Å². The van der Waals surface area contributed by atoms with Crippen LogP contribution in [0, 0.1) is 0 Å². The molecule has 0 spiro atoms. The van der Waals surface area contributed by atoms with Gasteiger partial charge < -0.3 is 29.9 Å². The quantitative estimate of drug-likeness (QED) is 0.209. The van der Waals surface area contributed by atoms with Crippen molar-refractivity contribution in [3.63, 3.8) is 0 Å². The fraction of sp³-hybridized carbons (Fsp3) is 0.667. The molecule has 9 nitrogen and oxygen atoms in total. The van der Waals surface area contributed by atoms with Crippen molar-refractivity contribution in [3.05, 3.63) is 12.2 Å². The van der Waals surface area contributed by atoms with Crippen LogP contribution in [0.4, 0.5) is 0 Å². The number of rotatable bonds is 4. The van der Waals surface area contributed by atoms with Gasteiger partial charge in [0.2, 0.25) is 0 Å². The molecule has 21 heavy (non-hydrogen) atoms. The second-order valence-electron chi connectivity index (χ2n) is 4.94. The van der Waals surface area contributed by atoms with Gasteiger partial charge in [-0.2, -0.15) is 0 Å². The zero-order chi connectivity index (χ0) is 16.6. The van der Waals surface area contributed by atoms with Crippen molar-refractivity contribution >= 4 is 11.8 Å². The number of carbonyl (C=O) groups excluding carboxylic acids is 2. The Labute approximate surface area is 120 Å². The lowest BCUT2D eigenvalue weighted by molar-refractivity contribution is -0.368. The molecule has 1 heterocycles. The molecule has 0 saturated carbocycles. The van der Waals surface area contributed by atoms with Gasteiger partial charge >= 0.3 is 5.97 Å². The van der Waals surface area contributed by atoms with Gasteiger partial charge in [-0.25, -0.2) is 4.79 Å². The van der Waals surface area contributed by atoms with E-state index in [-0.39, 0.29) is 5.57 Å². The summed E-state index contributed by atoms with van der Waals surface area (Å²) in [6.45, 7) is 4.65. The Morgan fingerprint density at radius 1 is 1.38 bits per heavy atom. The van der Waals surface area contributed by atoms with E-state index in [0.717, 1.165) is 6.92 Å². The van der Waals surface area contributed by atoms with E-state index in [9.17, 15) is 24.9 Å². The summed E-state index contributed by atoms with van der Waals surface area (Å²) < 4.78 is 9.62. The van der Waals surface area contributed by atoms with Crippen LogP contribution in [0.2, 0.25) is 0 Å². The lowest BCUT2D eigenvalue weighted by Gasteiger charge is -2.51. The second kappa shape index (κ2) is 5.79. The third kappa shape index (κ3) is 2.71. The van der Waals surface area contributed by atoms with E-state index in [0.29, 0.717) is 0 Å². The summed E-state index contributed by atoms with van der Waals surface area (Å²) in [6, 6.07) is 0. The summed E-state index contributed by atoms with van der Waals surface area (Å²) in [5, 5.41) is 39.2. The van der Waals surface area contributed by atoms with Crippen LogP contribution in [0.1, 0.15) is 13.8 Å². The molecule has 1 rings (SSSR count). The Morgan fingerprint density at radius 2 is 1.90 bits per heavy atom. The number of nitrogens with two attached hydrogens (primary N) is 1. The predicted molar refractivity (Wildman–Crippen MR) is 67.4 cm³/mol. The molecule has 0 radical (unpaired) electrons. The van der Waals surface area contributed by atoms with E-state index in [1.807, 2.05) is 0 Å². The molecule has 0 amide bonds. The SMILES string of the molecule is C=C(C)C(=O)O[C@]1(N)[C@H](O)[C@@H](O)[C@@H](CO)OC1(O)C(C)=O. The van der Waals surface area contributed by atoms with Crippen molar-refractivity contribution < 1.29 is 39.5 Å². The van der Waals surface area contributed by atoms with Gasteiger partial charge in [0.1, 0.15) is 18.3 Å². The number of carbonyl (C=O) groups is 2. The van der Waals surface area contributed by atoms with Crippen LogP contribution in [0.5, 0.6) is 0 Å². The minimum atomic E-state index is -2.94. The normalized spacial score (nSPS) is 39.7. The Bertz CT molecular complexity index is 466. The predicted octanol–water partition coefficient (Wildman–Crippen LogP) is -2.85. The number of ketones is 1. The third-order valence-corrected chi connectivity index (χ3v) is 3.26. The number of esters is 1. The first-order chi connectivity index (χ1) is 9.51. The van der Waals surface area contributed by atoms with Crippen molar-refractivity contribution in [2.45, 2.75) is 43.7 Å². The highest BCUT2D eigenvalue weighted by Gasteiger charge is 2.67. The molecule has 0 aromatic carbocycles. The smallest absolute Gasteiger partial charge is 0.335 e. The van der Waals surface area contributed by atoms with E-state index in [1.54, 1.807) is 0 Å². The third-order valence-electron chi connectivity index (χ3n) is 3.26. The Balaban J connectivity index is 3.31. The number of hydrogen-bond acceptors (Lipinski definition) is 9. The average Bonchev–Trinajstić information content (AvgIpc) is 2.40. The molecule has 0 aromatic heterocycles. The van der Waals surface area contributed by atoms with Crippen molar-refractivity contribution in [1.29, 1.82) is 0 Å². The zero-order valence-corrected chi connectivity index (χ0v) is 11.6. The minimum absolute atomic E-state index is 0.114. The summed E-state index contributed by atoms with van der Waals surface area (Å²) in [5.74, 6) is -5.12. The van der Waals surface area contributed by atoms with Gasteiger partial charge in [0.15, 0.2) is 5.78 Å². The lowest BCUT2D eigenvalue weighted by atomic mass is 9.85. The van der Waals surface area contributed by atoms with Gasteiger partial charge in [-0.15, -0.1) is 0 Å². The standard InChI is InChI=1S/C12H19NO8/c1-5(2)10(18)21-11(13)9(17)8(16)7(4-14)20-12(11,19)6(3)15/h7-9,14,16-17,19H,1,4,13H2,2-3H3/t7-,8+,9-,11-,12?/m1/s1. The highest BCUT2D eigenvalue weighted by atomic mass is 16.7. The van der Waals surface area contributed by atoms with Crippen LogP contribution in [-0.2, 0) is 19.1 Å². The van der Waals surface area contributed by atoms with Crippen molar-refractivity contribution in [2.24, 2.45) is 5.73 Å². The summed E-state index contributed by atoms with van der Waals surface area (Å²) in [4.78, 5) is 23.3. The summed E-state index contributed by atoms with van der Waals surface area (Å²) in [7, 11) is 0. The molecule has 1 fully saturated rings. The first-order valence-electron chi connectivity index (χ1n) is 6.07. The highest BCUT2D eigenvalue weighted by molar-refractivity contribution is 5.89. The maximum absolute atomic E-state index is 11.7.